The number of anilines is 1. The minimum absolute atomic E-state index is 0.175. The van der Waals surface area contributed by atoms with E-state index in [1.165, 1.54) is 16.7 Å². The zero-order valence-electron chi connectivity index (χ0n) is 15.8. The van der Waals surface area contributed by atoms with E-state index in [4.69, 9.17) is 12.2 Å². The van der Waals surface area contributed by atoms with Gasteiger partial charge in [-0.15, -0.1) is 0 Å². The molecule has 0 aliphatic rings. The average Bonchev–Trinajstić information content (AvgIpc) is 2.58. The summed E-state index contributed by atoms with van der Waals surface area (Å²) in [5.41, 5.74) is 4.72. The molecule has 0 aliphatic heterocycles. The van der Waals surface area contributed by atoms with Crippen LogP contribution in [0.4, 0.5) is 5.69 Å². The molecule has 0 fully saturated rings. The Bertz CT molecular complexity index is 700. The highest BCUT2D eigenvalue weighted by molar-refractivity contribution is 7.80. The molecule has 0 spiro atoms. The van der Waals surface area contributed by atoms with Crippen molar-refractivity contribution < 1.29 is 0 Å². The fourth-order valence-corrected chi connectivity index (χ4v) is 3.10. The first kappa shape index (κ1) is 19.3. The summed E-state index contributed by atoms with van der Waals surface area (Å²) in [4.78, 5) is 8.53. The van der Waals surface area contributed by atoms with Crippen LogP contribution in [0.1, 0.15) is 29.7 Å². The van der Waals surface area contributed by atoms with Gasteiger partial charge in [0.2, 0.25) is 0 Å². The number of aromatic nitrogens is 1. The first-order chi connectivity index (χ1) is 11.9. The summed E-state index contributed by atoms with van der Waals surface area (Å²) in [7, 11) is 4.16. The van der Waals surface area contributed by atoms with E-state index in [1.54, 1.807) is 0 Å². The normalized spacial score (nSPS) is 12.1. The predicted octanol–water partition coefficient (Wildman–Crippen LogP) is 4.02. The van der Waals surface area contributed by atoms with Crippen molar-refractivity contribution in [3.63, 3.8) is 0 Å². The maximum atomic E-state index is 5.76. The van der Waals surface area contributed by atoms with Crippen LogP contribution in [0.25, 0.3) is 0 Å². The van der Waals surface area contributed by atoms with Gasteiger partial charge in [0, 0.05) is 31.2 Å². The summed E-state index contributed by atoms with van der Waals surface area (Å²) < 4.78 is 0. The molecule has 5 heteroatoms. The molecule has 134 valence electrons. The number of likely N-dealkylation sites (N-methyl/N-ethyl adjacent to an activating group) is 1. The van der Waals surface area contributed by atoms with Gasteiger partial charge in [-0.1, -0.05) is 17.7 Å². The van der Waals surface area contributed by atoms with E-state index in [0.717, 1.165) is 23.9 Å². The van der Waals surface area contributed by atoms with Gasteiger partial charge >= 0.3 is 0 Å². The van der Waals surface area contributed by atoms with Crippen molar-refractivity contribution in [3.05, 3.63) is 59.4 Å². The lowest BCUT2D eigenvalue weighted by atomic mass is 10.1. The van der Waals surface area contributed by atoms with Crippen molar-refractivity contribution >= 4 is 23.0 Å². The lowest BCUT2D eigenvalue weighted by molar-refractivity contribution is 0.289. The summed E-state index contributed by atoms with van der Waals surface area (Å²) in [5, 5.41) is 4.18. The molecule has 0 bridgehead atoms. The topological polar surface area (TPSA) is 31.4 Å². The van der Waals surface area contributed by atoms with Gasteiger partial charge in [-0.2, -0.15) is 0 Å². The van der Waals surface area contributed by atoms with Crippen molar-refractivity contribution in [1.82, 2.24) is 14.8 Å². The fourth-order valence-electron chi connectivity index (χ4n) is 2.74. The number of rotatable bonds is 6. The molecule has 0 saturated heterocycles. The Kier molecular flexibility index (Phi) is 6.91. The minimum Gasteiger partial charge on any atom is -0.341 e. The van der Waals surface area contributed by atoms with E-state index in [1.807, 2.05) is 24.5 Å². The highest BCUT2D eigenvalue weighted by atomic mass is 32.1. The SMILES string of the molecule is Cc1ccc(NC(=S)N(CCN(C)C)[C@@H](C)c2ccncc2)c(C)c1. The van der Waals surface area contributed by atoms with E-state index in [2.05, 4.69) is 73.2 Å². The number of hydrogen-bond donors (Lipinski definition) is 1. The summed E-state index contributed by atoms with van der Waals surface area (Å²) in [6, 6.07) is 10.6. The van der Waals surface area contributed by atoms with Gasteiger partial charge in [0.05, 0.1) is 6.04 Å². The van der Waals surface area contributed by atoms with E-state index in [0.29, 0.717) is 0 Å². The first-order valence-electron chi connectivity index (χ1n) is 8.58. The lowest BCUT2D eigenvalue weighted by Crippen LogP contribution is -2.41. The molecule has 1 aromatic carbocycles. The zero-order chi connectivity index (χ0) is 18.4. The van der Waals surface area contributed by atoms with Crippen molar-refractivity contribution in [1.29, 1.82) is 0 Å². The maximum absolute atomic E-state index is 5.76. The van der Waals surface area contributed by atoms with Gasteiger partial charge in [-0.05, 0) is 76.4 Å². The molecule has 1 aromatic heterocycles. The number of pyridine rings is 1. The van der Waals surface area contributed by atoms with Crippen LogP contribution in [0.15, 0.2) is 42.7 Å². The summed E-state index contributed by atoms with van der Waals surface area (Å²) in [6.45, 7) is 8.18. The third kappa shape index (κ3) is 5.51. The van der Waals surface area contributed by atoms with Crippen molar-refractivity contribution in [3.8, 4) is 0 Å². The summed E-state index contributed by atoms with van der Waals surface area (Å²) in [5.74, 6) is 0. The molecule has 25 heavy (non-hydrogen) atoms. The lowest BCUT2D eigenvalue weighted by Gasteiger charge is -2.33. The number of nitrogens with zero attached hydrogens (tertiary/aromatic N) is 3. The maximum Gasteiger partial charge on any atom is 0.173 e. The van der Waals surface area contributed by atoms with Crippen LogP contribution in [0.3, 0.4) is 0 Å². The molecular weight excluding hydrogens is 328 g/mol. The Labute approximate surface area is 156 Å². The summed E-state index contributed by atoms with van der Waals surface area (Å²) in [6.07, 6.45) is 3.66. The second-order valence-electron chi connectivity index (χ2n) is 6.70. The molecule has 1 heterocycles. The van der Waals surface area contributed by atoms with E-state index in [-0.39, 0.29) is 6.04 Å². The fraction of sp³-hybridized carbons (Fsp3) is 0.400. The Morgan fingerprint density at radius 2 is 1.80 bits per heavy atom. The van der Waals surface area contributed by atoms with Crippen molar-refractivity contribution in [2.45, 2.75) is 26.8 Å². The van der Waals surface area contributed by atoms with Gasteiger partial charge in [-0.3, -0.25) is 4.98 Å². The Hall–Kier alpha value is -1.98. The predicted molar refractivity (Wildman–Crippen MR) is 110 cm³/mol. The van der Waals surface area contributed by atoms with E-state index in [9.17, 15) is 0 Å². The van der Waals surface area contributed by atoms with Crippen LogP contribution in [0.5, 0.6) is 0 Å². The molecule has 4 nitrogen and oxygen atoms in total. The van der Waals surface area contributed by atoms with Crippen LogP contribution in [-0.4, -0.2) is 47.1 Å². The van der Waals surface area contributed by atoms with E-state index >= 15 is 0 Å². The van der Waals surface area contributed by atoms with Crippen LogP contribution in [0, 0.1) is 13.8 Å². The number of aryl methyl sites for hydroxylation is 2. The monoisotopic (exact) mass is 356 g/mol. The molecule has 0 radical (unpaired) electrons. The van der Waals surface area contributed by atoms with Gasteiger partial charge < -0.3 is 15.1 Å². The first-order valence-corrected chi connectivity index (χ1v) is 8.99. The molecule has 2 aromatic rings. The highest BCUT2D eigenvalue weighted by Gasteiger charge is 2.19. The van der Waals surface area contributed by atoms with Gasteiger partial charge in [0.1, 0.15) is 0 Å². The van der Waals surface area contributed by atoms with Gasteiger partial charge in [0.15, 0.2) is 5.11 Å². The number of benzene rings is 1. The van der Waals surface area contributed by atoms with Gasteiger partial charge in [0.25, 0.3) is 0 Å². The average molecular weight is 357 g/mol. The van der Waals surface area contributed by atoms with Crippen LogP contribution in [-0.2, 0) is 0 Å². The third-order valence-corrected chi connectivity index (χ3v) is 4.67. The number of thiocarbonyl (C=S) groups is 1. The minimum atomic E-state index is 0.175. The Morgan fingerprint density at radius 1 is 1.12 bits per heavy atom. The second kappa shape index (κ2) is 8.92. The van der Waals surface area contributed by atoms with E-state index < -0.39 is 0 Å². The molecular formula is C20H28N4S. The highest BCUT2D eigenvalue weighted by Crippen LogP contribution is 2.22. The Balaban J connectivity index is 2.20. The standard InChI is InChI=1S/C20H28N4S/c1-15-6-7-19(16(2)14-15)22-20(25)24(13-12-23(4)5)17(3)18-8-10-21-11-9-18/h6-11,14,17H,12-13H2,1-5H3,(H,22,25)/t17-/m0/s1. The Morgan fingerprint density at radius 3 is 2.40 bits per heavy atom. The molecule has 2 rings (SSSR count). The largest absolute Gasteiger partial charge is 0.341 e. The second-order valence-corrected chi connectivity index (χ2v) is 7.09. The van der Waals surface area contributed by atoms with Crippen LogP contribution >= 0.6 is 12.2 Å². The quantitative estimate of drug-likeness (QED) is 0.790. The molecule has 0 unspecified atom stereocenters. The molecule has 0 amide bonds. The molecule has 0 aliphatic carbocycles. The smallest absolute Gasteiger partial charge is 0.173 e. The zero-order valence-corrected chi connectivity index (χ0v) is 16.6. The third-order valence-electron chi connectivity index (χ3n) is 4.33. The molecule has 0 saturated carbocycles. The van der Waals surface area contributed by atoms with Crippen LogP contribution in [0.2, 0.25) is 0 Å². The molecule has 1 N–H and O–H groups in total. The summed E-state index contributed by atoms with van der Waals surface area (Å²) >= 11 is 5.76. The number of hydrogen-bond acceptors (Lipinski definition) is 3. The van der Waals surface area contributed by atoms with Crippen molar-refractivity contribution in [2.75, 3.05) is 32.5 Å². The number of nitrogens with one attached hydrogen (secondary N) is 1. The van der Waals surface area contributed by atoms with Gasteiger partial charge in [-0.25, -0.2) is 0 Å². The van der Waals surface area contributed by atoms with Crippen LogP contribution < -0.4 is 5.32 Å². The van der Waals surface area contributed by atoms with Crippen molar-refractivity contribution in [2.24, 2.45) is 0 Å². The molecule has 1 atom stereocenters.